The molecule has 3 atom stereocenters. The molecule has 2 N–H and O–H groups in total. The summed E-state index contributed by atoms with van der Waals surface area (Å²) in [7, 11) is 4.00. The van der Waals surface area contributed by atoms with Crippen molar-refractivity contribution in [2.45, 2.75) is 51.1 Å². The van der Waals surface area contributed by atoms with Crippen molar-refractivity contribution in [3.8, 4) is 0 Å². The number of hydrogen-bond acceptors (Lipinski definition) is 3. The second-order valence-corrected chi connectivity index (χ2v) is 5.17. The highest BCUT2D eigenvalue weighted by molar-refractivity contribution is 4.83. The molecule has 1 fully saturated rings. The molecule has 1 saturated carbocycles. The van der Waals surface area contributed by atoms with Crippen LogP contribution in [0.4, 0.5) is 0 Å². The van der Waals surface area contributed by atoms with E-state index in [-0.39, 0.29) is 0 Å². The standard InChI is InChI=1S/C13H28N2O/c1-11(10-16-3)15(2)13-8-6-4-5-7-12(13)9-14/h11-13H,4-10,14H2,1-3H3. The van der Waals surface area contributed by atoms with E-state index in [9.17, 15) is 0 Å². The first kappa shape index (κ1) is 13.9. The summed E-state index contributed by atoms with van der Waals surface area (Å²) in [5.74, 6) is 0.673. The van der Waals surface area contributed by atoms with Gasteiger partial charge in [0.15, 0.2) is 0 Å². The average molecular weight is 228 g/mol. The number of methoxy groups -OCH3 is 1. The van der Waals surface area contributed by atoms with E-state index in [1.807, 2.05) is 0 Å². The van der Waals surface area contributed by atoms with Crippen LogP contribution in [0.2, 0.25) is 0 Å². The first-order valence-corrected chi connectivity index (χ1v) is 6.61. The highest BCUT2D eigenvalue weighted by atomic mass is 16.5. The largest absolute Gasteiger partial charge is 0.383 e. The van der Waals surface area contributed by atoms with Gasteiger partial charge in [-0.05, 0) is 39.3 Å². The zero-order valence-corrected chi connectivity index (χ0v) is 11.1. The molecule has 1 aliphatic rings. The molecule has 16 heavy (non-hydrogen) atoms. The Bertz CT molecular complexity index is 187. The summed E-state index contributed by atoms with van der Waals surface area (Å²) in [6.45, 7) is 3.88. The molecule has 0 aromatic heterocycles. The van der Waals surface area contributed by atoms with E-state index in [1.165, 1.54) is 32.1 Å². The molecule has 0 aromatic carbocycles. The van der Waals surface area contributed by atoms with Crippen molar-refractivity contribution in [1.82, 2.24) is 4.90 Å². The number of hydrogen-bond donors (Lipinski definition) is 1. The van der Waals surface area contributed by atoms with Gasteiger partial charge in [-0.1, -0.05) is 19.3 Å². The lowest BCUT2D eigenvalue weighted by Crippen LogP contribution is -2.46. The molecule has 0 heterocycles. The zero-order chi connectivity index (χ0) is 12.0. The summed E-state index contributed by atoms with van der Waals surface area (Å²) < 4.78 is 5.24. The van der Waals surface area contributed by atoms with Gasteiger partial charge in [0, 0.05) is 19.2 Å². The van der Waals surface area contributed by atoms with Gasteiger partial charge in [-0.3, -0.25) is 4.90 Å². The lowest BCUT2D eigenvalue weighted by Gasteiger charge is -2.36. The van der Waals surface area contributed by atoms with Crippen LogP contribution in [0, 0.1) is 5.92 Å². The molecule has 0 aromatic rings. The summed E-state index contributed by atoms with van der Waals surface area (Å²) in [4.78, 5) is 2.48. The summed E-state index contributed by atoms with van der Waals surface area (Å²) in [6.07, 6.45) is 6.67. The van der Waals surface area contributed by atoms with Crippen LogP contribution in [-0.2, 0) is 4.74 Å². The zero-order valence-electron chi connectivity index (χ0n) is 11.1. The van der Waals surface area contributed by atoms with Crippen LogP contribution in [0.15, 0.2) is 0 Å². The summed E-state index contributed by atoms with van der Waals surface area (Å²) in [6, 6.07) is 1.14. The van der Waals surface area contributed by atoms with Crippen molar-refractivity contribution in [3.63, 3.8) is 0 Å². The molecular weight excluding hydrogens is 200 g/mol. The third-order valence-corrected chi connectivity index (χ3v) is 4.05. The van der Waals surface area contributed by atoms with Crippen molar-refractivity contribution in [1.29, 1.82) is 0 Å². The minimum Gasteiger partial charge on any atom is -0.383 e. The van der Waals surface area contributed by atoms with E-state index >= 15 is 0 Å². The van der Waals surface area contributed by atoms with Crippen LogP contribution in [0.5, 0.6) is 0 Å². The van der Waals surface area contributed by atoms with E-state index in [1.54, 1.807) is 7.11 Å². The molecular formula is C13H28N2O. The quantitative estimate of drug-likeness (QED) is 0.730. The third kappa shape index (κ3) is 3.72. The number of nitrogens with zero attached hydrogens (tertiary/aromatic N) is 1. The Labute approximate surface area is 100 Å². The fourth-order valence-electron chi connectivity index (χ4n) is 2.86. The summed E-state index contributed by atoms with van der Waals surface area (Å²) in [5, 5.41) is 0. The summed E-state index contributed by atoms with van der Waals surface area (Å²) in [5.41, 5.74) is 5.92. The Morgan fingerprint density at radius 2 is 2.00 bits per heavy atom. The molecule has 96 valence electrons. The van der Waals surface area contributed by atoms with E-state index < -0.39 is 0 Å². The third-order valence-electron chi connectivity index (χ3n) is 4.05. The van der Waals surface area contributed by atoms with Gasteiger partial charge >= 0.3 is 0 Å². The van der Waals surface area contributed by atoms with Gasteiger partial charge in [0.25, 0.3) is 0 Å². The van der Waals surface area contributed by atoms with Gasteiger partial charge in [0.05, 0.1) is 6.61 Å². The van der Waals surface area contributed by atoms with Gasteiger partial charge in [-0.25, -0.2) is 0 Å². The van der Waals surface area contributed by atoms with E-state index in [4.69, 9.17) is 10.5 Å². The van der Waals surface area contributed by atoms with Crippen LogP contribution in [0.1, 0.15) is 39.0 Å². The van der Waals surface area contributed by atoms with Gasteiger partial charge in [-0.15, -0.1) is 0 Å². The molecule has 0 radical (unpaired) electrons. The molecule has 0 spiro atoms. The maximum absolute atomic E-state index is 5.92. The predicted octanol–water partition coefficient (Wildman–Crippen LogP) is 1.86. The fraction of sp³-hybridized carbons (Fsp3) is 1.00. The normalized spacial score (nSPS) is 29.1. The Kier molecular flexibility index (Phi) is 6.32. The van der Waals surface area contributed by atoms with Gasteiger partial charge in [0.1, 0.15) is 0 Å². The van der Waals surface area contributed by atoms with Crippen molar-refractivity contribution < 1.29 is 4.74 Å². The highest BCUT2D eigenvalue weighted by Gasteiger charge is 2.28. The minimum absolute atomic E-state index is 0.488. The molecule has 1 aliphatic carbocycles. The SMILES string of the molecule is COCC(C)N(C)C1CCCCCC1CN. The van der Waals surface area contributed by atoms with Gasteiger partial charge < -0.3 is 10.5 Å². The smallest absolute Gasteiger partial charge is 0.0615 e. The fourth-order valence-corrected chi connectivity index (χ4v) is 2.86. The Morgan fingerprint density at radius 3 is 2.62 bits per heavy atom. The van der Waals surface area contributed by atoms with Gasteiger partial charge in [-0.2, -0.15) is 0 Å². The highest BCUT2D eigenvalue weighted by Crippen LogP contribution is 2.27. The van der Waals surface area contributed by atoms with Crippen molar-refractivity contribution in [2.24, 2.45) is 11.7 Å². The number of ether oxygens (including phenoxy) is 1. The Hall–Kier alpha value is -0.120. The van der Waals surface area contributed by atoms with E-state index in [0.717, 1.165) is 13.2 Å². The van der Waals surface area contributed by atoms with Crippen LogP contribution in [0.25, 0.3) is 0 Å². The summed E-state index contributed by atoms with van der Waals surface area (Å²) >= 11 is 0. The first-order valence-electron chi connectivity index (χ1n) is 6.61. The van der Waals surface area contributed by atoms with E-state index in [0.29, 0.717) is 18.0 Å². The molecule has 3 nitrogen and oxygen atoms in total. The van der Waals surface area contributed by atoms with Gasteiger partial charge in [0.2, 0.25) is 0 Å². The first-order chi connectivity index (χ1) is 7.70. The molecule has 0 saturated heterocycles. The van der Waals surface area contributed by atoms with Crippen molar-refractivity contribution in [2.75, 3.05) is 27.3 Å². The Morgan fingerprint density at radius 1 is 1.31 bits per heavy atom. The molecule has 1 rings (SSSR count). The number of likely N-dealkylation sites (N-methyl/N-ethyl adjacent to an activating group) is 1. The number of rotatable bonds is 5. The monoisotopic (exact) mass is 228 g/mol. The van der Waals surface area contributed by atoms with Crippen LogP contribution < -0.4 is 5.73 Å². The maximum atomic E-state index is 5.92. The second-order valence-electron chi connectivity index (χ2n) is 5.17. The topological polar surface area (TPSA) is 38.5 Å². The molecule has 3 unspecified atom stereocenters. The second kappa shape index (κ2) is 7.25. The lowest BCUT2D eigenvalue weighted by atomic mass is 9.93. The maximum Gasteiger partial charge on any atom is 0.0615 e. The molecule has 0 bridgehead atoms. The molecule has 0 amide bonds. The minimum atomic E-state index is 0.488. The molecule has 3 heteroatoms. The molecule has 0 aliphatic heterocycles. The van der Waals surface area contributed by atoms with Crippen molar-refractivity contribution in [3.05, 3.63) is 0 Å². The van der Waals surface area contributed by atoms with Crippen molar-refractivity contribution >= 4 is 0 Å². The Balaban J connectivity index is 2.58. The van der Waals surface area contributed by atoms with Crippen LogP contribution >= 0.6 is 0 Å². The van der Waals surface area contributed by atoms with Crippen LogP contribution in [0.3, 0.4) is 0 Å². The lowest BCUT2D eigenvalue weighted by molar-refractivity contribution is 0.0656. The average Bonchev–Trinajstić information content (AvgIpc) is 2.53. The predicted molar refractivity (Wildman–Crippen MR) is 68.5 cm³/mol. The number of nitrogens with two attached hydrogens (primary N) is 1. The van der Waals surface area contributed by atoms with Crippen LogP contribution in [-0.4, -0.2) is 44.3 Å². The van der Waals surface area contributed by atoms with E-state index in [2.05, 4.69) is 18.9 Å².